The highest BCUT2D eigenvalue weighted by Crippen LogP contribution is 2.47. The molecule has 1 saturated carbocycles. The van der Waals surface area contributed by atoms with Gasteiger partial charge in [0, 0.05) is 12.5 Å². The van der Waals surface area contributed by atoms with Gasteiger partial charge in [0.1, 0.15) is 0 Å². The third kappa shape index (κ3) is 1.67. The van der Waals surface area contributed by atoms with Crippen molar-refractivity contribution < 1.29 is 5.11 Å². The highest BCUT2D eigenvalue weighted by molar-refractivity contribution is 5.20. The molecule has 2 aliphatic carbocycles. The van der Waals surface area contributed by atoms with E-state index in [4.69, 9.17) is 5.11 Å². The Hall–Kier alpha value is -0.300. The van der Waals surface area contributed by atoms with Crippen molar-refractivity contribution in [2.45, 2.75) is 45.4 Å². The molecule has 13 heavy (non-hydrogen) atoms. The minimum Gasteiger partial charge on any atom is -0.396 e. The molecular formula is C12H20O. The van der Waals surface area contributed by atoms with E-state index >= 15 is 0 Å². The second-order valence-corrected chi connectivity index (χ2v) is 4.94. The Bertz CT molecular complexity index is 219. The number of aliphatic hydroxyl groups is 1. The van der Waals surface area contributed by atoms with Crippen molar-refractivity contribution in [2.75, 3.05) is 6.61 Å². The molecule has 0 saturated heterocycles. The number of fused-ring (bicyclic) bond motifs is 1. The smallest absolute Gasteiger partial charge is 0.0493 e. The van der Waals surface area contributed by atoms with Gasteiger partial charge in [-0.2, -0.15) is 0 Å². The Morgan fingerprint density at radius 2 is 2.31 bits per heavy atom. The van der Waals surface area contributed by atoms with Gasteiger partial charge in [-0.15, -0.1) is 0 Å². The first-order chi connectivity index (χ1) is 6.24. The van der Waals surface area contributed by atoms with Crippen LogP contribution in [-0.2, 0) is 0 Å². The van der Waals surface area contributed by atoms with E-state index in [0.717, 1.165) is 0 Å². The van der Waals surface area contributed by atoms with Crippen LogP contribution in [0.5, 0.6) is 0 Å². The number of rotatable bonds is 1. The van der Waals surface area contributed by atoms with Crippen LogP contribution in [0.1, 0.15) is 45.4 Å². The van der Waals surface area contributed by atoms with Gasteiger partial charge in [0.2, 0.25) is 0 Å². The van der Waals surface area contributed by atoms with Gasteiger partial charge >= 0.3 is 0 Å². The van der Waals surface area contributed by atoms with E-state index in [-0.39, 0.29) is 0 Å². The minimum absolute atomic E-state index is 0.347. The highest BCUT2D eigenvalue weighted by Gasteiger charge is 2.34. The molecule has 0 aromatic heterocycles. The molecule has 2 rings (SSSR count). The van der Waals surface area contributed by atoms with E-state index in [2.05, 4.69) is 13.0 Å². The molecule has 0 heterocycles. The van der Waals surface area contributed by atoms with Gasteiger partial charge in [-0.1, -0.05) is 25.0 Å². The molecule has 0 aromatic carbocycles. The zero-order valence-electron chi connectivity index (χ0n) is 8.55. The maximum atomic E-state index is 9.12. The molecule has 74 valence electrons. The number of allylic oxidation sites excluding steroid dienone is 1. The average Bonchev–Trinajstić information content (AvgIpc) is 2.16. The molecule has 0 aliphatic heterocycles. The maximum absolute atomic E-state index is 9.12. The summed E-state index contributed by atoms with van der Waals surface area (Å²) >= 11 is 0. The topological polar surface area (TPSA) is 20.2 Å². The molecule has 1 heteroatoms. The Morgan fingerprint density at radius 1 is 1.46 bits per heavy atom. The predicted molar refractivity (Wildman–Crippen MR) is 54.5 cm³/mol. The lowest BCUT2D eigenvalue weighted by atomic mass is 9.64. The van der Waals surface area contributed by atoms with Gasteiger partial charge in [0.05, 0.1) is 0 Å². The van der Waals surface area contributed by atoms with Crippen LogP contribution in [0.3, 0.4) is 0 Å². The van der Waals surface area contributed by atoms with Crippen LogP contribution in [-0.4, -0.2) is 11.7 Å². The van der Waals surface area contributed by atoms with Crippen LogP contribution >= 0.6 is 0 Å². The molecule has 0 bridgehead atoms. The van der Waals surface area contributed by atoms with E-state index in [0.29, 0.717) is 17.9 Å². The molecule has 1 unspecified atom stereocenters. The molecular weight excluding hydrogens is 160 g/mol. The maximum Gasteiger partial charge on any atom is 0.0493 e. The SMILES string of the molecule is C[C@@]12CCCCC1=CC(CO)CC2. The third-order valence-electron chi connectivity index (χ3n) is 3.94. The fourth-order valence-corrected chi connectivity index (χ4v) is 2.88. The summed E-state index contributed by atoms with van der Waals surface area (Å²) in [6.07, 6.45) is 10.3. The van der Waals surface area contributed by atoms with Crippen LogP contribution in [0, 0.1) is 11.3 Å². The quantitative estimate of drug-likeness (QED) is 0.615. The number of aliphatic hydroxyl groups excluding tert-OH is 1. The van der Waals surface area contributed by atoms with Gasteiger partial charge in [0.15, 0.2) is 0 Å². The van der Waals surface area contributed by atoms with Crippen molar-refractivity contribution in [2.24, 2.45) is 11.3 Å². The summed E-state index contributed by atoms with van der Waals surface area (Å²) in [5.41, 5.74) is 2.15. The summed E-state index contributed by atoms with van der Waals surface area (Å²) in [5, 5.41) is 9.12. The Balaban J connectivity index is 2.18. The van der Waals surface area contributed by atoms with E-state index < -0.39 is 0 Å². The molecule has 0 aromatic rings. The molecule has 0 radical (unpaired) electrons. The third-order valence-corrected chi connectivity index (χ3v) is 3.94. The van der Waals surface area contributed by atoms with Crippen LogP contribution in [0.4, 0.5) is 0 Å². The van der Waals surface area contributed by atoms with Gasteiger partial charge in [0.25, 0.3) is 0 Å². The second kappa shape index (κ2) is 3.45. The Morgan fingerprint density at radius 3 is 3.08 bits per heavy atom. The first-order valence-corrected chi connectivity index (χ1v) is 5.57. The molecule has 1 nitrogen and oxygen atoms in total. The summed E-state index contributed by atoms with van der Waals surface area (Å²) < 4.78 is 0. The normalized spacial score (nSPS) is 39.5. The summed E-state index contributed by atoms with van der Waals surface area (Å²) in [4.78, 5) is 0. The van der Waals surface area contributed by atoms with Gasteiger partial charge in [-0.3, -0.25) is 0 Å². The Labute approximate surface area is 80.8 Å². The van der Waals surface area contributed by atoms with E-state index in [1.807, 2.05) is 0 Å². The molecule has 2 atom stereocenters. The molecule has 0 amide bonds. The Kier molecular flexibility index (Phi) is 2.46. The van der Waals surface area contributed by atoms with Crippen molar-refractivity contribution in [1.82, 2.24) is 0 Å². The predicted octanol–water partition coefficient (Wildman–Crippen LogP) is 2.90. The van der Waals surface area contributed by atoms with Crippen LogP contribution in [0.25, 0.3) is 0 Å². The zero-order chi connectivity index (χ0) is 9.31. The van der Waals surface area contributed by atoms with Gasteiger partial charge in [-0.05, 0) is 37.5 Å². The fourth-order valence-electron chi connectivity index (χ4n) is 2.88. The minimum atomic E-state index is 0.347. The number of hydrogen-bond acceptors (Lipinski definition) is 1. The first-order valence-electron chi connectivity index (χ1n) is 5.57. The second-order valence-electron chi connectivity index (χ2n) is 4.94. The van der Waals surface area contributed by atoms with Crippen molar-refractivity contribution in [3.63, 3.8) is 0 Å². The number of hydrogen-bond donors (Lipinski definition) is 1. The largest absolute Gasteiger partial charge is 0.396 e. The lowest BCUT2D eigenvalue weighted by molar-refractivity contribution is 0.191. The molecule has 0 spiro atoms. The zero-order valence-corrected chi connectivity index (χ0v) is 8.55. The standard InChI is InChI=1S/C12H20O/c1-12-6-3-2-4-11(12)8-10(9-13)5-7-12/h8,10,13H,2-7,9H2,1H3/t10?,12-/m0/s1. The monoisotopic (exact) mass is 180 g/mol. The van der Waals surface area contributed by atoms with Crippen molar-refractivity contribution in [3.8, 4) is 0 Å². The highest BCUT2D eigenvalue weighted by atomic mass is 16.3. The lowest BCUT2D eigenvalue weighted by Crippen LogP contribution is -2.29. The van der Waals surface area contributed by atoms with Crippen LogP contribution in [0.15, 0.2) is 11.6 Å². The summed E-state index contributed by atoms with van der Waals surface area (Å²) in [6.45, 7) is 2.76. The van der Waals surface area contributed by atoms with Crippen LogP contribution < -0.4 is 0 Å². The van der Waals surface area contributed by atoms with E-state index in [1.54, 1.807) is 5.57 Å². The van der Waals surface area contributed by atoms with Gasteiger partial charge in [-0.25, -0.2) is 0 Å². The summed E-state index contributed by atoms with van der Waals surface area (Å²) in [6, 6.07) is 0. The molecule has 1 N–H and O–H groups in total. The average molecular weight is 180 g/mol. The summed E-state index contributed by atoms with van der Waals surface area (Å²) in [7, 11) is 0. The van der Waals surface area contributed by atoms with Crippen molar-refractivity contribution in [3.05, 3.63) is 11.6 Å². The van der Waals surface area contributed by atoms with E-state index in [1.165, 1.54) is 38.5 Å². The molecule has 2 aliphatic rings. The van der Waals surface area contributed by atoms with Crippen molar-refractivity contribution >= 4 is 0 Å². The van der Waals surface area contributed by atoms with E-state index in [9.17, 15) is 0 Å². The first kappa shape index (κ1) is 9.26. The van der Waals surface area contributed by atoms with Crippen molar-refractivity contribution in [1.29, 1.82) is 0 Å². The lowest BCUT2D eigenvalue weighted by Gasteiger charge is -2.41. The summed E-state index contributed by atoms with van der Waals surface area (Å²) in [5.74, 6) is 0.459. The van der Waals surface area contributed by atoms with Gasteiger partial charge < -0.3 is 5.11 Å². The van der Waals surface area contributed by atoms with Crippen LogP contribution in [0.2, 0.25) is 0 Å². The fraction of sp³-hybridized carbons (Fsp3) is 0.833. The molecule has 1 fully saturated rings.